The summed E-state index contributed by atoms with van der Waals surface area (Å²) in [5, 5.41) is 7.53. The first-order valence-electron chi connectivity index (χ1n) is 9.77. The van der Waals surface area contributed by atoms with Gasteiger partial charge in [0.25, 0.3) is 0 Å². The highest BCUT2D eigenvalue weighted by Gasteiger charge is 2.25. The van der Waals surface area contributed by atoms with Gasteiger partial charge in [-0.15, -0.1) is 0 Å². The molecule has 1 aliphatic rings. The Morgan fingerprint density at radius 3 is 2.48 bits per heavy atom. The van der Waals surface area contributed by atoms with Gasteiger partial charge in [-0.2, -0.15) is 10.1 Å². The fourth-order valence-electron chi connectivity index (χ4n) is 3.73. The number of amides is 1. The molecule has 0 unspecified atom stereocenters. The molecule has 0 aliphatic carbocycles. The molecule has 4 rings (SSSR count). The second kappa shape index (κ2) is 7.90. The number of nitrogens with one attached hydrogen (secondary N) is 1. The molecule has 150 valence electrons. The third-order valence-corrected chi connectivity index (χ3v) is 5.24. The van der Waals surface area contributed by atoms with E-state index in [0.29, 0.717) is 0 Å². The molecule has 0 saturated carbocycles. The molecule has 1 aliphatic heterocycles. The Morgan fingerprint density at radius 2 is 1.86 bits per heavy atom. The number of aryl methyl sites for hydroxylation is 2. The number of benzene rings is 1. The number of hydrogen-bond donors (Lipinski definition) is 2. The highest BCUT2D eigenvalue weighted by Crippen LogP contribution is 2.24. The molecule has 1 fully saturated rings. The van der Waals surface area contributed by atoms with Gasteiger partial charge in [-0.05, 0) is 63.1 Å². The molecule has 0 atom stereocenters. The van der Waals surface area contributed by atoms with Gasteiger partial charge in [0.1, 0.15) is 5.82 Å². The molecular weight excluding hydrogens is 366 g/mol. The molecule has 1 aromatic carbocycles. The van der Waals surface area contributed by atoms with Crippen molar-refractivity contribution in [2.75, 3.05) is 29.0 Å². The summed E-state index contributed by atoms with van der Waals surface area (Å²) in [5.41, 5.74) is 9.50. The summed E-state index contributed by atoms with van der Waals surface area (Å²) in [7, 11) is 0. The molecule has 3 heterocycles. The highest BCUT2D eigenvalue weighted by molar-refractivity contribution is 5.92. The fraction of sp³-hybridized carbons (Fsp3) is 0.333. The number of rotatable bonds is 4. The van der Waals surface area contributed by atoms with Crippen molar-refractivity contribution in [2.24, 2.45) is 5.92 Å². The molecule has 3 aromatic rings. The molecule has 0 bridgehead atoms. The monoisotopic (exact) mass is 391 g/mol. The average Bonchev–Trinajstić information content (AvgIpc) is 3.06. The first-order chi connectivity index (χ1) is 14.0. The molecule has 0 spiro atoms. The Balaban J connectivity index is 1.35. The van der Waals surface area contributed by atoms with E-state index in [4.69, 9.17) is 5.73 Å². The predicted molar refractivity (Wildman–Crippen MR) is 113 cm³/mol. The third kappa shape index (κ3) is 4.21. The minimum Gasteiger partial charge on any atom is -0.368 e. The number of anilines is 3. The number of aromatic nitrogens is 4. The Labute approximate surface area is 169 Å². The zero-order valence-electron chi connectivity index (χ0n) is 16.7. The maximum Gasteiger partial charge on any atom is 0.227 e. The molecule has 1 amide bonds. The van der Waals surface area contributed by atoms with Crippen LogP contribution in [0.3, 0.4) is 0 Å². The second-order valence-corrected chi connectivity index (χ2v) is 7.41. The van der Waals surface area contributed by atoms with E-state index in [0.717, 1.165) is 54.5 Å². The van der Waals surface area contributed by atoms with E-state index in [-0.39, 0.29) is 17.8 Å². The van der Waals surface area contributed by atoms with Gasteiger partial charge in [-0.25, -0.2) is 9.67 Å². The minimum absolute atomic E-state index is 0.0129. The van der Waals surface area contributed by atoms with Crippen molar-refractivity contribution in [1.29, 1.82) is 0 Å². The molecule has 29 heavy (non-hydrogen) atoms. The topological polar surface area (TPSA) is 102 Å². The summed E-state index contributed by atoms with van der Waals surface area (Å²) in [6, 6.07) is 11.7. The van der Waals surface area contributed by atoms with Gasteiger partial charge in [0.15, 0.2) is 0 Å². The van der Waals surface area contributed by atoms with Crippen LogP contribution >= 0.6 is 0 Å². The Bertz CT molecular complexity index is 1000. The van der Waals surface area contributed by atoms with Gasteiger partial charge in [-0.1, -0.05) is 0 Å². The smallest absolute Gasteiger partial charge is 0.227 e. The van der Waals surface area contributed by atoms with Gasteiger partial charge in [0.2, 0.25) is 11.9 Å². The Morgan fingerprint density at radius 1 is 1.14 bits per heavy atom. The third-order valence-electron chi connectivity index (χ3n) is 5.24. The van der Waals surface area contributed by atoms with Crippen LogP contribution in [0.4, 0.5) is 17.5 Å². The van der Waals surface area contributed by atoms with Crippen LogP contribution in [-0.4, -0.2) is 38.7 Å². The molecule has 2 aromatic heterocycles. The Kier molecular flexibility index (Phi) is 5.16. The lowest BCUT2D eigenvalue weighted by molar-refractivity contribution is -0.120. The largest absolute Gasteiger partial charge is 0.368 e. The van der Waals surface area contributed by atoms with Crippen molar-refractivity contribution in [2.45, 2.75) is 26.7 Å². The van der Waals surface area contributed by atoms with Crippen LogP contribution < -0.4 is 16.0 Å². The summed E-state index contributed by atoms with van der Waals surface area (Å²) in [4.78, 5) is 23.0. The maximum absolute atomic E-state index is 12.7. The van der Waals surface area contributed by atoms with Crippen LogP contribution in [0, 0.1) is 19.8 Å². The predicted octanol–water partition coefficient (Wildman–Crippen LogP) is 2.72. The zero-order chi connectivity index (χ0) is 20.4. The summed E-state index contributed by atoms with van der Waals surface area (Å²) in [6.45, 7) is 5.54. The van der Waals surface area contributed by atoms with Crippen LogP contribution in [0.1, 0.15) is 24.2 Å². The number of carbonyl (C=O) groups excluding carboxylic acids is 1. The van der Waals surface area contributed by atoms with Crippen LogP contribution in [0.5, 0.6) is 0 Å². The van der Waals surface area contributed by atoms with Gasteiger partial charge in [0, 0.05) is 36.6 Å². The SMILES string of the molecule is Cc1cc(C)n(-c2ccc(NC(=O)C3CCN(c4ccnc(N)n4)CC3)cc2)n1. The number of hydrogen-bond acceptors (Lipinski definition) is 6. The first kappa shape index (κ1) is 18.9. The molecule has 8 heteroatoms. The molecule has 3 N–H and O–H groups in total. The van der Waals surface area contributed by atoms with E-state index in [1.165, 1.54) is 0 Å². The molecule has 0 radical (unpaired) electrons. The van der Waals surface area contributed by atoms with Gasteiger partial charge >= 0.3 is 0 Å². The van der Waals surface area contributed by atoms with E-state index in [9.17, 15) is 4.79 Å². The molecular formula is C21H25N7O. The van der Waals surface area contributed by atoms with Crippen molar-refractivity contribution in [3.8, 4) is 5.69 Å². The highest BCUT2D eigenvalue weighted by atomic mass is 16.1. The van der Waals surface area contributed by atoms with E-state index in [1.807, 2.05) is 54.9 Å². The van der Waals surface area contributed by atoms with Gasteiger partial charge in [-0.3, -0.25) is 4.79 Å². The Hall–Kier alpha value is -3.42. The summed E-state index contributed by atoms with van der Waals surface area (Å²) < 4.78 is 1.90. The number of nitrogens with two attached hydrogens (primary N) is 1. The standard InChI is InChI=1S/C21H25N7O/c1-14-13-15(2)28(26-14)18-5-3-17(4-6-18)24-20(29)16-8-11-27(12-9-16)19-7-10-23-21(22)25-19/h3-7,10,13,16H,8-9,11-12H2,1-2H3,(H,24,29)(H2,22,23,25). The number of nitrogen functional groups attached to an aromatic ring is 1. The van der Waals surface area contributed by atoms with Crippen molar-refractivity contribution < 1.29 is 4.79 Å². The maximum atomic E-state index is 12.7. The van der Waals surface area contributed by atoms with Crippen LogP contribution in [0.25, 0.3) is 5.69 Å². The van der Waals surface area contributed by atoms with Gasteiger partial charge < -0.3 is 16.0 Å². The van der Waals surface area contributed by atoms with E-state index in [1.54, 1.807) is 6.20 Å². The second-order valence-electron chi connectivity index (χ2n) is 7.41. The lowest BCUT2D eigenvalue weighted by atomic mass is 9.96. The summed E-state index contributed by atoms with van der Waals surface area (Å²) in [5.74, 6) is 1.13. The van der Waals surface area contributed by atoms with Crippen LogP contribution in [0.15, 0.2) is 42.6 Å². The lowest BCUT2D eigenvalue weighted by Crippen LogP contribution is -2.38. The van der Waals surface area contributed by atoms with Crippen LogP contribution in [0.2, 0.25) is 0 Å². The van der Waals surface area contributed by atoms with Crippen molar-refractivity contribution in [1.82, 2.24) is 19.7 Å². The average molecular weight is 391 g/mol. The quantitative estimate of drug-likeness (QED) is 0.709. The number of nitrogens with zero attached hydrogens (tertiary/aromatic N) is 5. The van der Waals surface area contributed by atoms with Gasteiger partial charge in [0.05, 0.1) is 11.4 Å². The summed E-state index contributed by atoms with van der Waals surface area (Å²) in [6.07, 6.45) is 3.21. The normalized spacial score (nSPS) is 14.8. The van der Waals surface area contributed by atoms with Crippen molar-refractivity contribution >= 4 is 23.4 Å². The molecule has 8 nitrogen and oxygen atoms in total. The van der Waals surface area contributed by atoms with E-state index in [2.05, 4.69) is 25.3 Å². The fourth-order valence-corrected chi connectivity index (χ4v) is 3.73. The molecule has 1 saturated heterocycles. The first-order valence-corrected chi connectivity index (χ1v) is 9.77. The lowest BCUT2D eigenvalue weighted by Gasteiger charge is -2.32. The van der Waals surface area contributed by atoms with E-state index >= 15 is 0 Å². The van der Waals surface area contributed by atoms with Crippen LogP contribution in [-0.2, 0) is 4.79 Å². The van der Waals surface area contributed by atoms with Crippen molar-refractivity contribution in [3.63, 3.8) is 0 Å². The number of piperidine rings is 1. The number of carbonyl (C=O) groups is 1. The minimum atomic E-state index is -0.0129. The zero-order valence-corrected chi connectivity index (χ0v) is 16.7. The summed E-state index contributed by atoms with van der Waals surface area (Å²) >= 11 is 0. The van der Waals surface area contributed by atoms with Crippen molar-refractivity contribution in [3.05, 3.63) is 54.0 Å². The van der Waals surface area contributed by atoms with E-state index < -0.39 is 0 Å².